The Bertz CT molecular complexity index is 598. The molecule has 0 fully saturated rings. The van der Waals surface area contributed by atoms with Crippen molar-refractivity contribution in [2.75, 3.05) is 24.2 Å². The van der Waals surface area contributed by atoms with Crippen LogP contribution in [0.2, 0.25) is 0 Å². The van der Waals surface area contributed by atoms with E-state index < -0.39 is 10.0 Å². The Labute approximate surface area is 118 Å². The summed E-state index contributed by atoms with van der Waals surface area (Å²) >= 11 is 0. The van der Waals surface area contributed by atoms with Crippen molar-refractivity contribution in [3.05, 3.63) is 23.8 Å². The number of benzene rings is 1. The summed E-state index contributed by atoms with van der Waals surface area (Å²) < 4.78 is 30.6. The zero-order valence-electron chi connectivity index (χ0n) is 11.3. The van der Waals surface area contributed by atoms with Crippen LogP contribution < -0.4 is 14.8 Å². The van der Waals surface area contributed by atoms with Crippen molar-refractivity contribution in [1.29, 1.82) is 0 Å². The summed E-state index contributed by atoms with van der Waals surface area (Å²) in [5.41, 5.74) is 1.58. The van der Waals surface area contributed by atoms with E-state index in [1.165, 1.54) is 0 Å². The third kappa shape index (κ3) is 3.94. The lowest BCUT2D eigenvalue weighted by Gasteiger charge is -2.10. The van der Waals surface area contributed by atoms with E-state index in [-0.39, 0.29) is 11.7 Å². The fourth-order valence-electron chi connectivity index (χ4n) is 1.88. The van der Waals surface area contributed by atoms with Crippen molar-refractivity contribution in [2.24, 2.45) is 0 Å². The van der Waals surface area contributed by atoms with E-state index in [0.717, 1.165) is 5.56 Å². The van der Waals surface area contributed by atoms with Crippen LogP contribution in [0.25, 0.3) is 0 Å². The first-order valence-corrected chi connectivity index (χ1v) is 8.18. The molecule has 6 nitrogen and oxygen atoms in total. The summed E-state index contributed by atoms with van der Waals surface area (Å²) in [7, 11) is -3.17. The highest BCUT2D eigenvalue weighted by atomic mass is 32.2. The van der Waals surface area contributed by atoms with E-state index in [1.54, 1.807) is 13.0 Å². The maximum Gasteiger partial charge on any atom is 0.227 e. The zero-order chi connectivity index (χ0) is 14.6. The van der Waals surface area contributed by atoms with Crippen LogP contribution in [0.1, 0.15) is 18.9 Å². The topological polar surface area (TPSA) is 84.5 Å². The number of fused-ring (bicyclic) bond motifs is 1. The van der Waals surface area contributed by atoms with Crippen molar-refractivity contribution < 1.29 is 17.9 Å². The largest absolute Gasteiger partial charge is 0.491 e. The van der Waals surface area contributed by atoms with Crippen LogP contribution in [-0.4, -0.2) is 33.2 Å². The van der Waals surface area contributed by atoms with Gasteiger partial charge in [-0.3, -0.25) is 4.79 Å². The van der Waals surface area contributed by atoms with Gasteiger partial charge in [0, 0.05) is 6.54 Å². The summed E-state index contributed by atoms with van der Waals surface area (Å²) in [6.45, 7) is 2.30. The Hall–Kier alpha value is -1.60. The summed E-state index contributed by atoms with van der Waals surface area (Å²) in [5.74, 6) is 0.641. The number of rotatable bonds is 5. The number of hydrogen-bond donors (Lipinski definition) is 2. The lowest BCUT2D eigenvalue weighted by atomic mass is 10.1. The molecule has 110 valence electrons. The summed E-state index contributed by atoms with van der Waals surface area (Å²) in [6.07, 6.45) is 0.892. The Kier molecular flexibility index (Phi) is 4.61. The number of carbonyl (C=O) groups excluding carboxylic acids is 1. The van der Waals surface area contributed by atoms with Gasteiger partial charge in [0.25, 0.3) is 0 Å². The molecule has 1 aromatic carbocycles. The zero-order valence-corrected chi connectivity index (χ0v) is 12.1. The van der Waals surface area contributed by atoms with Gasteiger partial charge >= 0.3 is 0 Å². The molecule has 1 heterocycles. The number of sulfonamides is 1. The predicted octanol–water partition coefficient (Wildman–Crippen LogP) is 0.889. The molecule has 0 atom stereocenters. The Morgan fingerprint density at radius 2 is 2.20 bits per heavy atom. The lowest BCUT2D eigenvalue weighted by molar-refractivity contribution is -0.116. The van der Waals surface area contributed by atoms with E-state index in [0.29, 0.717) is 37.4 Å². The van der Waals surface area contributed by atoms with Crippen LogP contribution in [0.4, 0.5) is 5.69 Å². The molecule has 0 aliphatic carbocycles. The second kappa shape index (κ2) is 6.23. The van der Waals surface area contributed by atoms with Gasteiger partial charge in [-0.15, -0.1) is 0 Å². The van der Waals surface area contributed by atoms with Gasteiger partial charge in [-0.2, -0.15) is 0 Å². The third-order valence-corrected chi connectivity index (χ3v) is 4.42. The number of ether oxygens (including phenoxy) is 1. The third-order valence-electron chi connectivity index (χ3n) is 3.02. The van der Waals surface area contributed by atoms with Crippen LogP contribution in [0, 0.1) is 0 Å². The van der Waals surface area contributed by atoms with E-state index in [9.17, 15) is 13.2 Å². The predicted molar refractivity (Wildman–Crippen MR) is 76.4 cm³/mol. The molecule has 1 aliphatic rings. The van der Waals surface area contributed by atoms with Gasteiger partial charge in [-0.25, -0.2) is 13.1 Å². The molecule has 0 saturated carbocycles. The quantitative estimate of drug-likeness (QED) is 0.845. The van der Waals surface area contributed by atoms with E-state index in [1.807, 2.05) is 12.1 Å². The van der Waals surface area contributed by atoms with E-state index in [4.69, 9.17) is 4.74 Å². The molecular weight excluding hydrogens is 280 g/mol. The SMILES string of the molecule is CCS(=O)(=O)NCCc1ccc2c(c1)NC(=O)CCO2. The molecule has 0 unspecified atom stereocenters. The van der Waals surface area contributed by atoms with Crippen LogP contribution in [-0.2, 0) is 21.2 Å². The first kappa shape index (κ1) is 14.8. The molecule has 1 aliphatic heterocycles. The van der Waals surface area contributed by atoms with Crippen LogP contribution in [0.3, 0.4) is 0 Å². The second-order valence-corrected chi connectivity index (χ2v) is 6.62. The van der Waals surface area contributed by atoms with Gasteiger partial charge in [-0.1, -0.05) is 6.07 Å². The Morgan fingerprint density at radius 1 is 1.40 bits per heavy atom. The molecule has 20 heavy (non-hydrogen) atoms. The highest BCUT2D eigenvalue weighted by Gasteiger charge is 2.14. The van der Waals surface area contributed by atoms with Crippen molar-refractivity contribution >= 4 is 21.6 Å². The minimum atomic E-state index is -3.17. The normalized spacial score (nSPS) is 14.9. The number of carbonyl (C=O) groups is 1. The van der Waals surface area contributed by atoms with Crippen molar-refractivity contribution in [2.45, 2.75) is 19.8 Å². The first-order chi connectivity index (χ1) is 9.50. The van der Waals surface area contributed by atoms with Gasteiger partial charge in [-0.05, 0) is 31.0 Å². The van der Waals surface area contributed by atoms with E-state index >= 15 is 0 Å². The van der Waals surface area contributed by atoms with E-state index in [2.05, 4.69) is 10.0 Å². The summed E-state index contributed by atoms with van der Waals surface area (Å²) in [4.78, 5) is 11.5. The lowest BCUT2D eigenvalue weighted by Crippen LogP contribution is -2.27. The first-order valence-electron chi connectivity index (χ1n) is 6.53. The molecule has 0 radical (unpaired) electrons. The Morgan fingerprint density at radius 3 is 2.95 bits per heavy atom. The fourth-order valence-corrected chi connectivity index (χ4v) is 2.49. The Balaban J connectivity index is 2.02. The molecule has 2 N–H and O–H groups in total. The maximum atomic E-state index is 11.5. The second-order valence-electron chi connectivity index (χ2n) is 4.52. The molecule has 0 saturated heterocycles. The molecule has 7 heteroatoms. The van der Waals surface area contributed by atoms with Gasteiger partial charge in [0.2, 0.25) is 15.9 Å². The molecule has 0 bridgehead atoms. The van der Waals surface area contributed by atoms with Crippen molar-refractivity contribution in [3.8, 4) is 5.75 Å². The standard InChI is InChI=1S/C13H18N2O4S/c1-2-20(17,18)14-7-5-10-3-4-12-11(9-10)15-13(16)6-8-19-12/h3-4,9,14H,2,5-8H2,1H3,(H,15,16). The van der Waals surface area contributed by atoms with Gasteiger partial charge < -0.3 is 10.1 Å². The summed E-state index contributed by atoms with van der Waals surface area (Å²) in [5, 5.41) is 2.78. The molecule has 2 rings (SSSR count). The molecule has 1 aromatic rings. The van der Waals surface area contributed by atoms with Gasteiger partial charge in [0.15, 0.2) is 0 Å². The number of hydrogen-bond acceptors (Lipinski definition) is 4. The monoisotopic (exact) mass is 298 g/mol. The van der Waals surface area contributed by atoms with Crippen LogP contribution >= 0.6 is 0 Å². The van der Waals surface area contributed by atoms with Gasteiger partial charge in [0.1, 0.15) is 5.75 Å². The van der Waals surface area contributed by atoms with Gasteiger partial charge in [0.05, 0.1) is 24.5 Å². The smallest absolute Gasteiger partial charge is 0.227 e. The van der Waals surface area contributed by atoms with Crippen molar-refractivity contribution in [3.63, 3.8) is 0 Å². The number of nitrogens with one attached hydrogen (secondary N) is 2. The number of anilines is 1. The highest BCUT2D eigenvalue weighted by molar-refractivity contribution is 7.89. The van der Waals surface area contributed by atoms with Crippen molar-refractivity contribution in [1.82, 2.24) is 4.72 Å². The van der Waals surface area contributed by atoms with Crippen LogP contribution in [0.5, 0.6) is 5.75 Å². The maximum absolute atomic E-state index is 11.5. The van der Waals surface area contributed by atoms with Crippen LogP contribution in [0.15, 0.2) is 18.2 Å². The minimum absolute atomic E-state index is 0.0705. The molecule has 1 amide bonds. The molecule has 0 aromatic heterocycles. The molecular formula is C13H18N2O4S. The highest BCUT2D eigenvalue weighted by Crippen LogP contribution is 2.28. The molecule has 0 spiro atoms. The fraction of sp³-hybridized carbons (Fsp3) is 0.462. The average Bonchev–Trinajstić information content (AvgIpc) is 2.58. The minimum Gasteiger partial charge on any atom is -0.491 e. The average molecular weight is 298 g/mol. The number of amides is 1. The summed E-state index contributed by atoms with van der Waals surface area (Å²) in [6, 6.07) is 5.49.